The lowest BCUT2D eigenvalue weighted by Gasteiger charge is -2.27. The largest absolute Gasteiger partial charge is 0.476 e. The van der Waals surface area contributed by atoms with Gasteiger partial charge in [0.1, 0.15) is 0 Å². The highest BCUT2D eigenvalue weighted by atomic mass is 16.4. The van der Waals surface area contributed by atoms with E-state index in [0.29, 0.717) is 17.9 Å². The lowest BCUT2D eigenvalue weighted by molar-refractivity contribution is -0.134. The van der Waals surface area contributed by atoms with E-state index in [-0.39, 0.29) is 5.70 Å². The van der Waals surface area contributed by atoms with Crippen molar-refractivity contribution in [2.45, 2.75) is 40.7 Å². The summed E-state index contributed by atoms with van der Waals surface area (Å²) >= 11 is 0. The molecule has 0 unspecified atom stereocenters. The zero-order valence-electron chi connectivity index (χ0n) is 17.7. The quantitative estimate of drug-likeness (QED) is 0.599. The Hall–Kier alpha value is -3.34. The highest BCUT2D eigenvalue weighted by Crippen LogP contribution is 2.23. The number of aliphatic imine (C=N–C) groups is 1. The van der Waals surface area contributed by atoms with E-state index in [1.807, 2.05) is 52.1 Å². The van der Waals surface area contributed by atoms with Gasteiger partial charge in [-0.2, -0.15) is 0 Å². The summed E-state index contributed by atoms with van der Waals surface area (Å²) in [6, 6.07) is 8.16. The average Bonchev–Trinajstić information content (AvgIpc) is 2.74. The molecule has 5 nitrogen and oxygen atoms in total. The second kappa shape index (κ2) is 12.9. The van der Waals surface area contributed by atoms with Crippen LogP contribution in [0.1, 0.15) is 38.8 Å². The number of aliphatic carboxylic acids is 1. The molecule has 154 valence electrons. The van der Waals surface area contributed by atoms with Gasteiger partial charge in [0, 0.05) is 37.3 Å². The van der Waals surface area contributed by atoms with E-state index in [1.54, 1.807) is 35.5 Å². The Kier molecular flexibility index (Phi) is 10.6. The van der Waals surface area contributed by atoms with E-state index >= 15 is 0 Å². The first kappa shape index (κ1) is 23.7. The number of hydrogen-bond donors (Lipinski definition) is 2. The predicted molar refractivity (Wildman–Crippen MR) is 121 cm³/mol. The van der Waals surface area contributed by atoms with E-state index in [4.69, 9.17) is 0 Å². The van der Waals surface area contributed by atoms with Crippen LogP contribution in [0.15, 0.2) is 89.6 Å². The molecule has 1 aliphatic rings. The van der Waals surface area contributed by atoms with Crippen LogP contribution in [-0.2, 0) is 17.8 Å². The molecule has 1 aliphatic heterocycles. The molecule has 2 rings (SSSR count). The second-order valence-electron chi connectivity index (χ2n) is 5.93. The maximum Gasteiger partial charge on any atom is 0.355 e. The molecule has 0 saturated carbocycles. The van der Waals surface area contributed by atoms with Crippen molar-refractivity contribution in [3.63, 3.8) is 0 Å². The Bertz CT molecular complexity index is 828. The fourth-order valence-electron chi connectivity index (χ4n) is 2.59. The van der Waals surface area contributed by atoms with E-state index in [0.717, 1.165) is 12.0 Å². The zero-order chi connectivity index (χ0) is 21.6. The lowest BCUT2D eigenvalue weighted by Crippen LogP contribution is -2.29. The summed E-state index contributed by atoms with van der Waals surface area (Å²) in [5, 5.41) is 12.8. The van der Waals surface area contributed by atoms with Gasteiger partial charge in [-0.05, 0) is 37.1 Å². The molecular formula is C24H31N3O2. The molecule has 5 heteroatoms. The van der Waals surface area contributed by atoms with Crippen LogP contribution in [0.5, 0.6) is 0 Å². The zero-order valence-corrected chi connectivity index (χ0v) is 17.7. The summed E-state index contributed by atoms with van der Waals surface area (Å²) in [6.45, 7) is 12.2. The Morgan fingerprint density at radius 2 is 1.79 bits per heavy atom. The summed E-state index contributed by atoms with van der Waals surface area (Å²) in [7, 11) is 0. The monoisotopic (exact) mass is 393 g/mol. The topological polar surface area (TPSA) is 64.9 Å². The molecule has 2 N–H and O–H groups in total. The van der Waals surface area contributed by atoms with E-state index in [9.17, 15) is 9.90 Å². The van der Waals surface area contributed by atoms with Crippen molar-refractivity contribution in [3.05, 3.63) is 95.8 Å². The van der Waals surface area contributed by atoms with Gasteiger partial charge in [0.25, 0.3) is 0 Å². The van der Waals surface area contributed by atoms with Crippen LogP contribution in [-0.4, -0.2) is 22.2 Å². The summed E-state index contributed by atoms with van der Waals surface area (Å²) in [5.41, 5.74) is 3.57. The minimum Gasteiger partial charge on any atom is -0.476 e. The average molecular weight is 394 g/mol. The highest BCUT2D eigenvalue weighted by molar-refractivity contribution is 5.88. The molecule has 0 spiro atoms. The predicted octanol–water partition coefficient (Wildman–Crippen LogP) is 5.16. The number of carbonyl (C=O) groups is 1. The third-order valence-corrected chi connectivity index (χ3v) is 3.92. The van der Waals surface area contributed by atoms with Gasteiger partial charge < -0.3 is 15.3 Å². The molecule has 29 heavy (non-hydrogen) atoms. The number of benzene rings is 1. The first-order valence-corrected chi connectivity index (χ1v) is 9.78. The Labute approximate surface area is 174 Å². The molecule has 0 bridgehead atoms. The van der Waals surface area contributed by atoms with Crippen molar-refractivity contribution >= 4 is 12.2 Å². The summed E-state index contributed by atoms with van der Waals surface area (Å²) in [5.74, 6) is -1.00. The number of nitrogens with one attached hydrogen (secondary N) is 1. The number of allylic oxidation sites excluding steroid dienone is 4. The first-order valence-electron chi connectivity index (χ1n) is 9.78. The number of carboxylic acid groups (broad SMARTS) is 1. The number of carboxylic acids is 1. The van der Waals surface area contributed by atoms with Crippen LogP contribution in [0, 0.1) is 0 Å². The van der Waals surface area contributed by atoms with Gasteiger partial charge in [0.15, 0.2) is 5.70 Å². The fraction of sp³-hybridized carbons (Fsp3) is 0.250. The third kappa shape index (κ3) is 7.30. The maximum absolute atomic E-state index is 11.7. The van der Waals surface area contributed by atoms with Crippen molar-refractivity contribution < 1.29 is 9.90 Å². The summed E-state index contributed by atoms with van der Waals surface area (Å²) < 4.78 is 0. The van der Waals surface area contributed by atoms with E-state index in [2.05, 4.69) is 29.0 Å². The standard InChI is InChI=1S/C22H25N3O2.C2H6/c1-4-13-23-14-12-18-7-9-19(10-8-18)16-24-20-11-6-17(3)25(15-5-2)21(20)22(26)27;1-2/h4-11,13-15,24H,3,12,16H2,1-2H3,(H,26,27);1-2H3/b13-4-,15-5-,23-14?;. The SMILES string of the molecule is C=C1C=CC(NCc2ccc(CC=N/C=C\C)cc2)=C(C(=O)O)N1/C=C\C.CC. The number of hydrogen-bond acceptors (Lipinski definition) is 4. The van der Waals surface area contributed by atoms with Crippen molar-refractivity contribution in [2.75, 3.05) is 0 Å². The van der Waals surface area contributed by atoms with Crippen LogP contribution < -0.4 is 5.32 Å². The smallest absolute Gasteiger partial charge is 0.355 e. The van der Waals surface area contributed by atoms with Crippen LogP contribution in [0.3, 0.4) is 0 Å². The number of nitrogens with zero attached hydrogens (tertiary/aromatic N) is 2. The third-order valence-electron chi connectivity index (χ3n) is 3.92. The van der Waals surface area contributed by atoms with Crippen LogP contribution >= 0.6 is 0 Å². The second-order valence-corrected chi connectivity index (χ2v) is 5.93. The van der Waals surface area contributed by atoms with Crippen molar-refractivity contribution in [3.8, 4) is 0 Å². The Balaban J connectivity index is 0.00000204. The van der Waals surface area contributed by atoms with E-state index < -0.39 is 5.97 Å². The molecule has 0 aliphatic carbocycles. The molecular weight excluding hydrogens is 362 g/mol. The Morgan fingerprint density at radius 1 is 1.14 bits per heavy atom. The molecule has 1 heterocycles. The molecule has 1 aromatic rings. The van der Waals surface area contributed by atoms with Gasteiger partial charge >= 0.3 is 5.97 Å². The molecule has 0 aromatic heterocycles. The van der Waals surface area contributed by atoms with Gasteiger partial charge in [-0.1, -0.05) is 56.8 Å². The maximum atomic E-state index is 11.7. The van der Waals surface area contributed by atoms with Crippen molar-refractivity contribution in [1.29, 1.82) is 0 Å². The lowest BCUT2D eigenvalue weighted by atomic mass is 10.1. The van der Waals surface area contributed by atoms with Crippen LogP contribution in [0.25, 0.3) is 0 Å². The molecule has 0 amide bonds. The normalized spacial score (nSPS) is 14.1. The fourth-order valence-corrected chi connectivity index (χ4v) is 2.59. The molecule has 0 fully saturated rings. The van der Waals surface area contributed by atoms with Crippen LogP contribution in [0.4, 0.5) is 0 Å². The molecule has 1 aromatic carbocycles. The highest BCUT2D eigenvalue weighted by Gasteiger charge is 2.23. The van der Waals surface area contributed by atoms with Crippen molar-refractivity contribution in [1.82, 2.24) is 10.2 Å². The van der Waals surface area contributed by atoms with E-state index in [1.165, 1.54) is 5.56 Å². The van der Waals surface area contributed by atoms with Crippen LogP contribution in [0.2, 0.25) is 0 Å². The minimum absolute atomic E-state index is 0.164. The molecule has 0 saturated heterocycles. The van der Waals surface area contributed by atoms with Gasteiger partial charge in [0.05, 0.1) is 5.70 Å². The Morgan fingerprint density at radius 3 is 2.38 bits per heavy atom. The van der Waals surface area contributed by atoms with Gasteiger partial charge in [-0.25, -0.2) is 4.79 Å². The van der Waals surface area contributed by atoms with Gasteiger partial charge in [-0.15, -0.1) is 0 Å². The molecule has 0 radical (unpaired) electrons. The van der Waals surface area contributed by atoms with Gasteiger partial charge in [-0.3, -0.25) is 4.99 Å². The summed E-state index contributed by atoms with van der Waals surface area (Å²) in [6.07, 6.45) is 13.3. The van der Waals surface area contributed by atoms with Gasteiger partial charge in [0.2, 0.25) is 0 Å². The van der Waals surface area contributed by atoms with Crippen molar-refractivity contribution in [2.24, 2.45) is 4.99 Å². The minimum atomic E-state index is -1.00. The molecule has 0 atom stereocenters. The summed E-state index contributed by atoms with van der Waals surface area (Å²) in [4.78, 5) is 17.5. The number of rotatable bonds is 8. The first-order chi connectivity index (χ1) is 14.1.